The van der Waals surface area contributed by atoms with E-state index in [-0.39, 0.29) is 0 Å². The monoisotopic (exact) mass is 256 g/mol. The van der Waals surface area contributed by atoms with Crippen molar-refractivity contribution in [2.75, 3.05) is 5.32 Å². The molecule has 2 heterocycles. The highest BCUT2D eigenvalue weighted by molar-refractivity contribution is 7.15. The van der Waals surface area contributed by atoms with Crippen LogP contribution in [0.15, 0.2) is 18.6 Å². The van der Waals surface area contributed by atoms with Gasteiger partial charge in [-0.15, -0.1) is 11.3 Å². The normalized spacial score (nSPS) is 11.0. The van der Waals surface area contributed by atoms with Gasteiger partial charge in [-0.1, -0.05) is 11.6 Å². The maximum atomic E-state index is 5.80. The van der Waals surface area contributed by atoms with Gasteiger partial charge in [0.1, 0.15) is 9.34 Å². The van der Waals surface area contributed by atoms with Crippen molar-refractivity contribution in [2.45, 2.75) is 26.4 Å². The first-order valence-electron chi connectivity index (χ1n) is 5.03. The lowest BCUT2D eigenvalue weighted by atomic mass is 10.4. The largest absolute Gasteiger partial charge is 0.376 e. The zero-order chi connectivity index (χ0) is 11.5. The average molecular weight is 257 g/mol. The molecule has 0 atom stereocenters. The Kier molecular flexibility index (Phi) is 3.46. The van der Waals surface area contributed by atoms with E-state index in [9.17, 15) is 0 Å². The van der Waals surface area contributed by atoms with Crippen molar-refractivity contribution in [1.82, 2.24) is 14.8 Å². The van der Waals surface area contributed by atoms with Gasteiger partial charge in [-0.3, -0.25) is 4.68 Å². The fourth-order valence-corrected chi connectivity index (χ4v) is 2.16. The second-order valence-electron chi connectivity index (χ2n) is 3.71. The Labute approximate surface area is 103 Å². The van der Waals surface area contributed by atoms with Gasteiger partial charge in [-0.2, -0.15) is 5.10 Å². The van der Waals surface area contributed by atoms with E-state index in [1.54, 1.807) is 6.20 Å². The van der Waals surface area contributed by atoms with Crippen molar-refractivity contribution in [3.63, 3.8) is 0 Å². The van der Waals surface area contributed by atoms with Crippen molar-refractivity contribution >= 4 is 28.6 Å². The van der Waals surface area contributed by atoms with Crippen LogP contribution < -0.4 is 5.32 Å². The number of nitrogens with zero attached hydrogens (tertiary/aromatic N) is 3. The van der Waals surface area contributed by atoms with E-state index in [4.69, 9.17) is 11.6 Å². The number of anilines is 1. The maximum absolute atomic E-state index is 5.80. The minimum Gasteiger partial charge on any atom is -0.376 e. The molecule has 0 saturated heterocycles. The molecule has 2 aromatic heterocycles. The van der Waals surface area contributed by atoms with E-state index in [0.717, 1.165) is 15.0 Å². The summed E-state index contributed by atoms with van der Waals surface area (Å²) in [6, 6.07) is 0.379. The number of halogens is 1. The van der Waals surface area contributed by atoms with E-state index < -0.39 is 0 Å². The molecule has 0 saturated carbocycles. The Morgan fingerprint density at radius 1 is 1.50 bits per heavy atom. The molecule has 0 aliphatic rings. The lowest BCUT2D eigenvalue weighted by Crippen LogP contribution is -2.00. The van der Waals surface area contributed by atoms with Crippen molar-refractivity contribution in [3.05, 3.63) is 27.9 Å². The Balaban J connectivity index is 1.94. The molecule has 0 aliphatic heterocycles. The minimum absolute atomic E-state index is 0.379. The van der Waals surface area contributed by atoms with Crippen LogP contribution in [0, 0.1) is 0 Å². The molecule has 4 nitrogen and oxygen atoms in total. The molecule has 2 rings (SSSR count). The van der Waals surface area contributed by atoms with Gasteiger partial charge in [0.05, 0.1) is 24.6 Å². The summed E-state index contributed by atoms with van der Waals surface area (Å²) in [4.78, 5) is 4.17. The van der Waals surface area contributed by atoms with Crippen LogP contribution in [-0.2, 0) is 6.54 Å². The summed E-state index contributed by atoms with van der Waals surface area (Å²) in [5.41, 5.74) is 1.00. The molecular formula is C10H13ClN4S. The van der Waals surface area contributed by atoms with Crippen LogP contribution in [-0.4, -0.2) is 14.8 Å². The summed E-state index contributed by atoms with van der Waals surface area (Å²) in [6.07, 6.45) is 5.47. The van der Waals surface area contributed by atoms with Gasteiger partial charge in [0.25, 0.3) is 0 Å². The summed E-state index contributed by atoms with van der Waals surface area (Å²) in [7, 11) is 0. The summed E-state index contributed by atoms with van der Waals surface area (Å²) in [5.74, 6) is 0. The molecule has 1 N–H and O–H groups in total. The summed E-state index contributed by atoms with van der Waals surface area (Å²) in [5, 5.41) is 8.47. The van der Waals surface area contributed by atoms with Crippen LogP contribution in [0.5, 0.6) is 0 Å². The molecule has 86 valence electrons. The molecule has 6 heteroatoms. The predicted octanol–water partition coefficient (Wildman–Crippen LogP) is 3.19. The standard InChI is InChI=1S/C10H13ClN4S/c1-7(2)15-6-8(3-14-15)12-5-10-13-4-9(11)16-10/h3-4,6-7,12H,5H2,1-2H3. The van der Waals surface area contributed by atoms with E-state index in [1.165, 1.54) is 11.3 Å². The smallest absolute Gasteiger partial charge is 0.113 e. The van der Waals surface area contributed by atoms with Gasteiger partial charge in [-0.25, -0.2) is 4.98 Å². The summed E-state index contributed by atoms with van der Waals surface area (Å²) < 4.78 is 2.63. The highest BCUT2D eigenvalue weighted by Crippen LogP contribution is 2.19. The van der Waals surface area contributed by atoms with Gasteiger partial charge in [0, 0.05) is 12.2 Å². The lowest BCUT2D eigenvalue weighted by molar-refractivity contribution is 0.532. The van der Waals surface area contributed by atoms with Gasteiger partial charge in [-0.05, 0) is 13.8 Å². The van der Waals surface area contributed by atoms with E-state index in [1.807, 2.05) is 17.1 Å². The first kappa shape index (κ1) is 11.4. The molecular weight excluding hydrogens is 244 g/mol. The van der Waals surface area contributed by atoms with Crippen molar-refractivity contribution in [2.24, 2.45) is 0 Å². The summed E-state index contributed by atoms with van der Waals surface area (Å²) >= 11 is 7.28. The Morgan fingerprint density at radius 2 is 2.31 bits per heavy atom. The third-order valence-electron chi connectivity index (χ3n) is 2.10. The second-order valence-corrected chi connectivity index (χ2v) is 5.46. The minimum atomic E-state index is 0.379. The number of rotatable bonds is 4. The van der Waals surface area contributed by atoms with E-state index in [0.29, 0.717) is 12.6 Å². The number of aromatic nitrogens is 3. The quantitative estimate of drug-likeness (QED) is 0.914. The van der Waals surface area contributed by atoms with Gasteiger partial charge < -0.3 is 5.32 Å². The van der Waals surface area contributed by atoms with Crippen molar-refractivity contribution < 1.29 is 0 Å². The third-order valence-corrected chi connectivity index (χ3v) is 3.21. The molecule has 0 aromatic carbocycles. The van der Waals surface area contributed by atoms with Gasteiger partial charge in [0.2, 0.25) is 0 Å². The fraction of sp³-hybridized carbons (Fsp3) is 0.400. The molecule has 0 fully saturated rings. The number of thiazole rings is 1. The second kappa shape index (κ2) is 4.84. The Morgan fingerprint density at radius 3 is 2.88 bits per heavy atom. The topological polar surface area (TPSA) is 42.7 Å². The van der Waals surface area contributed by atoms with Crippen LogP contribution in [0.2, 0.25) is 4.34 Å². The van der Waals surface area contributed by atoms with Crippen molar-refractivity contribution in [3.8, 4) is 0 Å². The number of nitrogens with one attached hydrogen (secondary N) is 1. The van der Waals surface area contributed by atoms with Gasteiger partial charge >= 0.3 is 0 Å². The highest BCUT2D eigenvalue weighted by Gasteiger charge is 2.03. The zero-order valence-corrected chi connectivity index (χ0v) is 10.7. The SMILES string of the molecule is CC(C)n1cc(NCc2ncc(Cl)s2)cn1. The van der Waals surface area contributed by atoms with Crippen LogP contribution in [0.4, 0.5) is 5.69 Å². The molecule has 0 unspecified atom stereocenters. The number of hydrogen-bond donors (Lipinski definition) is 1. The Bertz CT molecular complexity index is 463. The predicted molar refractivity (Wildman–Crippen MR) is 67.1 cm³/mol. The zero-order valence-electron chi connectivity index (χ0n) is 9.14. The number of hydrogen-bond acceptors (Lipinski definition) is 4. The molecule has 16 heavy (non-hydrogen) atoms. The Hall–Kier alpha value is -1.07. The highest BCUT2D eigenvalue weighted by atomic mass is 35.5. The first-order chi connectivity index (χ1) is 7.65. The molecule has 0 amide bonds. The van der Waals surface area contributed by atoms with Crippen LogP contribution in [0.1, 0.15) is 24.9 Å². The van der Waals surface area contributed by atoms with Crippen LogP contribution in [0.3, 0.4) is 0 Å². The van der Waals surface area contributed by atoms with Crippen LogP contribution >= 0.6 is 22.9 Å². The molecule has 0 bridgehead atoms. The molecule has 0 spiro atoms. The van der Waals surface area contributed by atoms with Gasteiger partial charge in [0.15, 0.2) is 0 Å². The molecule has 2 aromatic rings. The molecule has 0 radical (unpaired) electrons. The summed E-state index contributed by atoms with van der Waals surface area (Å²) in [6.45, 7) is 4.87. The van der Waals surface area contributed by atoms with E-state index >= 15 is 0 Å². The third kappa shape index (κ3) is 2.74. The first-order valence-corrected chi connectivity index (χ1v) is 6.23. The van der Waals surface area contributed by atoms with Crippen molar-refractivity contribution in [1.29, 1.82) is 0 Å². The lowest BCUT2D eigenvalue weighted by Gasteiger charge is -2.03. The molecule has 0 aliphatic carbocycles. The maximum Gasteiger partial charge on any atom is 0.113 e. The van der Waals surface area contributed by atoms with E-state index in [2.05, 4.69) is 29.2 Å². The fourth-order valence-electron chi connectivity index (χ4n) is 1.26. The average Bonchev–Trinajstić information content (AvgIpc) is 2.83. The van der Waals surface area contributed by atoms with Crippen LogP contribution in [0.25, 0.3) is 0 Å².